The molecule has 17 heavy (non-hydrogen) atoms. The highest BCUT2D eigenvalue weighted by molar-refractivity contribution is 5.28. The third kappa shape index (κ3) is 5.65. The van der Waals surface area contributed by atoms with Crippen molar-refractivity contribution in [1.29, 1.82) is 0 Å². The van der Waals surface area contributed by atoms with Crippen LogP contribution in [-0.2, 0) is 11.3 Å². The summed E-state index contributed by atoms with van der Waals surface area (Å²) in [7, 11) is 1.73. The van der Waals surface area contributed by atoms with Crippen LogP contribution in [0, 0.1) is 5.92 Å². The maximum Gasteiger partial charge on any atom is 0.123 e. The molecule has 0 aliphatic carbocycles. The summed E-state index contributed by atoms with van der Waals surface area (Å²) < 4.78 is 5.13. The monoisotopic (exact) mass is 237 g/mol. The maximum atomic E-state index is 5.68. The Morgan fingerprint density at radius 3 is 2.76 bits per heavy atom. The first-order valence-corrected chi connectivity index (χ1v) is 6.04. The van der Waals surface area contributed by atoms with E-state index in [1.165, 1.54) is 0 Å². The lowest BCUT2D eigenvalue weighted by molar-refractivity contribution is 0.135. The van der Waals surface area contributed by atoms with E-state index in [0.29, 0.717) is 11.7 Å². The lowest BCUT2D eigenvalue weighted by Gasteiger charge is -2.23. The number of ether oxygens (including phenoxy) is 1. The lowest BCUT2D eigenvalue weighted by Crippen LogP contribution is -2.31. The molecule has 0 saturated carbocycles. The van der Waals surface area contributed by atoms with Crippen LogP contribution in [0.2, 0.25) is 0 Å². The van der Waals surface area contributed by atoms with Crippen molar-refractivity contribution in [1.82, 2.24) is 9.88 Å². The average molecular weight is 237 g/mol. The van der Waals surface area contributed by atoms with E-state index in [9.17, 15) is 0 Å². The van der Waals surface area contributed by atoms with E-state index in [1.54, 1.807) is 7.11 Å². The number of nitrogens with two attached hydrogens (primary N) is 1. The van der Waals surface area contributed by atoms with Crippen LogP contribution in [0.3, 0.4) is 0 Å². The van der Waals surface area contributed by atoms with Crippen molar-refractivity contribution in [2.75, 3.05) is 32.5 Å². The van der Waals surface area contributed by atoms with Gasteiger partial charge >= 0.3 is 0 Å². The molecule has 0 amide bonds. The summed E-state index contributed by atoms with van der Waals surface area (Å²) in [5.74, 6) is 1.21. The van der Waals surface area contributed by atoms with E-state index in [2.05, 4.69) is 23.7 Å². The topological polar surface area (TPSA) is 51.4 Å². The maximum absolute atomic E-state index is 5.68. The molecule has 0 unspecified atom stereocenters. The van der Waals surface area contributed by atoms with Crippen LogP contribution in [0.25, 0.3) is 0 Å². The number of hydrogen-bond acceptors (Lipinski definition) is 4. The van der Waals surface area contributed by atoms with Crippen LogP contribution in [0.15, 0.2) is 18.2 Å². The summed E-state index contributed by atoms with van der Waals surface area (Å²) in [6.07, 6.45) is 0. The summed E-state index contributed by atoms with van der Waals surface area (Å²) in [4.78, 5) is 6.67. The second-order valence-electron chi connectivity index (χ2n) is 4.68. The molecule has 0 saturated heterocycles. The first-order valence-electron chi connectivity index (χ1n) is 6.04. The fourth-order valence-electron chi connectivity index (χ4n) is 1.79. The molecule has 0 radical (unpaired) electrons. The second kappa shape index (κ2) is 7.25. The molecule has 1 aromatic rings. The van der Waals surface area contributed by atoms with E-state index in [4.69, 9.17) is 10.5 Å². The number of rotatable bonds is 7. The Morgan fingerprint density at radius 1 is 1.41 bits per heavy atom. The zero-order valence-corrected chi connectivity index (χ0v) is 11.0. The van der Waals surface area contributed by atoms with Crippen LogP contribution in [0.5, 0.6) is 0 Å². The molecule has 0 bridgehead atoms. The number of nitrogens with zero attached hydrogens (tertiary/aromatic N) is 2. The number of aromatic nitrogens is 1. The highest BCUT2D eigenvalue weighted by Crippen LogP contribution is 2.07. The molecule has 4 nitrogen and oxygen atoms in total. The van der Waals surface area contributed by atoms with Gasteiger partial charge in [-0.1, -0.05) is 19.9 Å². The smallest absolute Gasteiger partial charge is 0.123 e. The highest BCUT2D eigenvalue weighted by atomic mass is 16.5. The van der Waals surface area contributed by atoms with Crippen molar-refractivity contribution in [2.24, 2.45) is 5.92 Å². The zero-order valence-electron chi connectivity index (χ0n) is 11.0. The van der Waals surface area contributed by atoms with Crippen LogP contribution in [0.4, 0.5) is 5.82 Å². The zero-order chi connectivity index (χ0) is 12.7. The Labute approximate surface area is 104 Å². The Kier molecular flexibility index (Phi) is 5.94. The van der Waals surface area contributed by atoms with Crippen molar-refractivity contribution in [2.45, 2.75) is 20.4 Å². The summed E-state index contributed by atoms with van der Waals surface area (Å²) in [6.45, 7) is 7.96. The molecule has 1 rings (SSSR count). The molecule has 1 heterocycles. The Balaban J connectivity index is 2.58. The van der Waals surface area contributed by atoms with Gasteiger partial charge in [0.1, 0.15) is 5.82 Å². The van der Waals surface area contributed by atoms with Crippen LogP contribution >= 0.6 is 0 Å². The quantitative estimate of drug-likeness (QED) is 0.785. The fraction of sp³-hybridized carbons (Fsp3) is 0.615. The van der Waals surface area contributed by atoms with Crippen molar-refractivity contribution in [3.05, 3.63) is 23.9 Å². The molecule has 0 fully saturated rings. The molecule has 0 aromatic carbocycles. The first-order chi connectivity index (χ1) is 8.11. The van der Waals surface area contributed by atoms with Gasteiger partial charge in [0, 0.05) is 26.7 Å². The molecule has 0 spiro atoms. The SMILES string of the molecule is COCCN(Cc1cccc(N)n1)CC(C)C. The van der Waals surface area contributed by atoms with Crippen molar-refractivity contribution in [3.63, 3.8) is 0 Å². The molecule has 2 N–H and O–H groups in total. The molecule has 0 aliphatic heterocycles. The fourth-order valence-corrected chi connectivity index (χ4v) is 1.79. The van der Waals surface area contributed by atoms with Gasteiger partial charge in [0.2, 0.25) is 0 Å². The molecular weight excluding hydrogens is 214 g/mol. The van der Waals surface area contributed by atoms with E-state index in [0.717, 1.165) is 31.9 Å². The minimum atomic E-state index is 0.582. The van der Waals surface area contributed by atoms with E-state index >= 15 is 0 Å². The standard InChI is InChI=1S/C13H23N3O/c1-11(2)9-16(7-8-17-3)10-12-5-4-6-13(14)15-12/h4-6,11H,7-10H2,1-3H3,(H2,14,15). The van der Waals surface area contributed by atoms with E-state index < -0.39 is 0 Å². The van der Waals surface area contributed by atoms with E-state index in [-0.39, 0.29) is 0 Å². The van der Waals surface area contributed by atoms with Gasteiger partial charge in [-0.05, 0) is 18.1 Å². The van der Waals surface area contributed by atoms with Gasteiger partial charge < -0.3 is 10.5 Å². The molecular formula is C13H23N3O. The van der Waals surface area contributed by atoms with Gasteiger partial charge in [0.05, 0.1) is 12.3 Å². The molecule has 4 heteroatoms. The van der Waals surface area contributed by atoms with Crippen molar-refractivity contribution < 1.29 is 4.74 Å². The number of anilines is 1. The third-order valence-electron chi connectivity index (χ3n) is 2.45. The Morgan fingerprint density at radius 2 is 2.18 bits per heavy atom. The lowest BCUT2D eigenvalue weighted by atomic mass is 10.2. The number of pyridine rings is 1. The van der Waals surface area contributed by atoms with Gasteiger partial charge in [-0.3, -0.25) is 4.90 Å². The summed E-state index contributed by atoms with van der Waals surface area (Å²) >= 11 is 0. The summed E-state index contributed by atoms with van der Waals surface area (Å²) in [5.41, 5.74) is 6.70. The molecule has 1 aromatic heterocycles. The van der Waals surface area contributed by atoms with E-state index in [1.807, 2.05) is 18.2 Å². The highest BCUT2D eigenvalue weighted by Gasteiger charge is 2.08. The van der Waals surface area contributed by atoms with Gasteiger partial charge in [0.15, 0.2) is 0 Å². The third-order valence-corrected chi connectivity index (χ3v) is 2.45. The summed E-state index contributed by atoms with van der Waals surface area (Å²) in [5, 5.41) is 0. The average Bonchev–Trinajstić information content (AvgIpc) is 2.25. The molecule has 0 aliphatic rings. The first kappa shape index (κ1) is 13.9. The number of hydrogen-bond donors (Lipinski definition) is 1. The minimum Gasteiger partial charge on any atom is -0.384 e. The van der Waals surface area contributed by atoms with Gasteiger partial charge in [-0.25, -0.2) is 4.98 Å². The molecule has 96 valence electrons. The normalized spacial score (nSPS) is 11.4. The van der Waals surface area contributed by atoms with Gasteiger partial charge in [0.25, 0.3) is 0 Å². The predicted octanol–water partition coefficient (Wildman–Crippen LogP) is 1.77. The number of methoxy groups -OCH3 is 1. The molecule has 0 atom stereocenters. The van der Waals surface area contributed by atoms with Crippen LogP contribution in [-0.4, -0.2) is 36.7 Å². The second-order valence-corrected chi connectivity index (χ2v) is 4.68. The van der Waals surface area contributed by atoms with Gasteiger partial charge in [-0.15, -0.1) is 0 Å². The van der Waals surface area contributed by atoms with Crippen molar-refractivity contribution >= 4 is 5.82 Å². The van der Waals surface area contributed by atoms with Crippen LogP contribution in [0.1, 0.15) is 19.5 Å². The van der Waals surface area contributed by atoms with Crippen LogP contribution < -0.4 is 5.73 Å². The summed E-state index contributed by atoms with van der Waals surface area (Å²) in [6, 6.07) is 5.77. The largest absolute Gasteiger partial charge is 0.384 e. The van der Waals surface area contributed by atoms with Gasteiger partial charge in [-0.2, -0.15) is 0 Å². The minimum absolute atomic E-state index is 0.582. The Hall–Kier alpha value is -1.13. The predicted molar refractivity (Wildman–Crippen MR) is 70.6 cm³/mol. The van der Waals surface area contributed by atoms with Crippen molar-refractivity contribution in [3.8, 4) is 0 Å². The number of nitrogen functional groups attached to an aromatic ring is 1. The Bertz CT molecular complexity index is 328.